The molecule has 1 aromatic heterocycles. The Kier molecular flexibility index (Phi) is 8.40. The van der Waals surface area contributed by atoms with Crippen LogP contribution in [0.15, 0.2) is 60.8 Å². The lowest BCUT2D eigenvalue weighted by atomic mass is 10.0. The second-order valence-electron chi connectivity index (χ2n) is 9.81. The molecule has 8 nitrogen and oxygen atoms in total. The van der Waals surface area contributed by atoms with Crippen LogP contribution in [0.4, 0.5) is 4.39 Å². The Hall–Kier alpha value is -3.53. The summed E-state index contributed by atoms with van der Waals surface area (Å²) >= 11 is 6.41. The number of halogens is 2. The number of pyridine rings is 1. The number of nitrogens with one attached hydrogen (secondary N) is 1. The molecule has 0 radical (unpaired) electrons. The van der Waals surface area contributed by atoms with Gasteiger partial charge in [0, 0.05) is 24.4 Å². The van der Waals surface area contributed by atoms with Crippen molar-refractivity contribution in [1.82, 2.24) is 15.2 Å². The molecule has 1 aliphatic heterocycles. The van der Waals surface area contributed by atoms with Gasteiger partial charge in [0.15, 0.2) is 0 Å². The van der Waals surface area contributed by atoms with E-state index in [-0.39, 0.29) is 17.5 Å². The summed E-state index contributed by atoms with van der Waals surface area (Å²) in [4.78, 5) is 32.3. The van der Waals surface area contributed by atoms with Gasteiger partial charge in [-0.15, -0.1) is 0 Å². The first-order valence-electron chi connectivity index (χ1n) is 13.0. The van der Waals surface area contributed by atoms with E-state index in [1.54, 1.807) is 18.2 Å². The lowest BCUT2D eigenvalue weighted by Crippen LogP contribution is -2.48. The lowest BCUT2D eigenvalue weighted by molar-refractivity contribution is -0.118. The Morgan fingerprint density at radius 3 is 2.54 bits per heavy atom. The summed E-state index contributed by atoms with van der Waals surface area (Å²) < 4.78 is 24.5. The number of benzene rings is 2. The Labute approximate surface area is 230 Å². The molecule has 2 N–H and O–H groups in total. The fourth-order valence-corrected chi connectivity index (χ4v) is 4.69. The zero-order valence-electron chi connectivity index (χ0n) is 21.2. The highest BCUT2D eigenvalue weighted by Gasteiger charge is 2.30. The van der Waals surface area contributed by atoms with Crippen LogP contribution in [0.3, 0.4) is 0 Å². The Balaban J connectivity index is 1.29. The highest BCUT2D eigenvalue weighted by atomic mass is 35.5. The Morgan fingerprint density at radius 2 is 1.85 bits per heavy atom. The molecule has 204 valence electrons. The summed E-state index contributed by atoms with van der Waals surface area (Å²) in [6.07, 6.45) is 4.48. The number of rotatable bonds is 11. The van der Waals surface area contributed by atoms with Crippen molar-refractivity contribution < 1.29 is 28.6 Å². The predicted octanol–water partition coefficient (Wildman–Crippen LogP) is 4.70. The smallest absolute Gasteiger partial charge is 0.292 e. The van der Waals surface area contributed by atoms with Crippen molar-refractivity contribution in [2.75, 3.05) is 19.6 Å². The second kappa shape index (κ2) is 12.1. The fraction of sp³-hybridized carbons (Fsp3) is 0.345. The summed E-state index contributed by atoms with van der Waals surface area (Å²) in [6, 6.07) is 12.4. The van der Waals surface area contributed by atoms with E-state index in [1.165, 1.54) is 42.6 Å². The van der Waals surface area contributed by atoms with Crippen LogP contribution in [0.25, 0.3) is 0 Å². The van der Waals surface area contributed by atoms with E-state index < -0.39 is 29.7 Å². The molecule has 5 rings (SSSR count). The molecule has 3 aromatic rings. The minimum absolute atomic E-state index is 0.0682. The van der Waals surface area contributed by atoms with Crippen LogP contribution in [0.1, 0.15) is 47.7 Å². The molecule has 0 bridgehead atoms. The second-order valence-corrected chi connectivity index (χ2v) is 10.2. The molecule has 2 aliphatic rings. The Bertz CT molecular complexity index is 1330. The highest BCUT2D eigenvalue weighted by Crippen LogP contribution is 2.34. The number of ether oxygens (including phenoxy) is 2. The minimum Gasteiger partial charge on any atom is -0.489 e. The zero-order chi connectivity index (χ0) is 27.4. The van der Waals surface area contributed by atoms with Gasteiger partial charge in [0.1, 0.15) is 23.4 Å². The van der Waals surface area contributed by atoms with Crippen molar-refractivity contribution >= 4 is 23.3 Å². The highest BCUT2D eigenvalue weighted by molar-refractivity contribution is 6.42. The van der Waals surface area contributed by atoms with Crippen molar-refractivity contribution in [3.8, 4) is 17.4 Å². The van der Waals surface area contributed by atoms with E-state index in [4.69, 9.17) is 21.1 Å². The number of amides is 1. The van der Waals surface area contributed by atoms with Crippen molar-refractivity contribution in [2.45, 2.75) is 43.9 Å². The summed E-state index contributed by atoms with van der Waals surface area (Å²) in [5, 5.41) is 14.4. The van der Waals surface area contributed by atoms with Crippen LogP contribution in [-0.2, 0) is 4.79 Å². The molecule has 1 saturated heterocycles. The third kappa shape index (κ3) is 7.11. The topological polar surface area (TPSA) is 101 Å². The zero-order valence-corrected chi connectivity index (χ0v) is 21.9. The van der Waals surface area contributed by atoms with Crippen LogP contribution in [-0.4, -0.2) is 58.5 Å². The summed E-state index contributed by atoms with van der Waals surface area (Å²) in [6.45, 7) is 2.06. The number of aromatic nitrogens is 1. The summed E-state index contributed by atoms with van der Waals surface area (Å²) in [5.74, 6) is -1.10. The van der Waals surface area contributed by atoms with E-state index >= 15 is 0 Å². The molecular weight excluding hydrogens is 525 g/mol. The van der Waals surface area contributed by atoms with Gasteiger partial charge in [-0.25, -0.2) is 9.37 Å². The number of aliphatic hydroxyl groups is 1. The first-order chi connectivity index (χ1) is 18.9. The van der Waals surface area contributed by atoms with Crippen LogP contribution >= 0.6 is 11.6 Å². The van der Waals surface area contributed by atoms with E-state index in [9.17, 15) is 19.1 Å². The maximum Gasteiger partial charge on any atom is 0.292 e. The molecule has 2 aromatic carbocycles. The van der Waals surface area contributed by atoms with Gasteiger partial charge in [-0.05, 0) is 86.8 Å². The number of nitrogens with zero attached hydrogens (tertiary/aromatic N) is 2. The van der Waals surface area contributed by atoms with E-state index in [2.05, 4.69) is 15.2 Å². The molecule has 10 heteroatoms. The molecule has 2 fully saturated rings. The third-order valence-corrected chi connectivity index (χ3v) is 7.00. The third-order valence-electron chi connectivity index (χ3n) is 6.71. The average molecular weight is 554 g/mol. The SMILES string of the molecule is O=C(NC(CN1CCCC1)C(O)c1ccc(OC2CC2)c(Cl)c1)C(=O)c1ccnc(Oc2ccc(F)cc2)c1. The molecule has 1 amide bonds. The van der Waals surface area contributed by atoms with Gasteiger partial charge in [-0.3, -0.25) is 9.59 Å². The largest absolute Gasteiger partial charge is 0.489 e. The first-order valence-corrected chi connectivity index (χ1v) is 13.3. The number of hydrogen-bond donors (Lipinski definition) is 2. The fourth-order valence-electron chi connectivity index (χ4n) is 4.46. The molecule has 39 heavy (non-hydrogen) atoms. The van der Waals surface area contributed by atoms with Gasteiger partial charge < -0.3 is 24.8 Å². The standard InChI is InChI=1S/C29H29ClFN3O5/c30-23-15-18(3-10-25(23)38-21-8-9-21)27(35)24(17-34-13-1-2-14-34)33-29(37)28(36)19-11-12-32-26(16-19)39-22-6-4-20(31)5-7-22/h3-7,10-12,15-16,21,24,27,35H,1-2,8-9,13-14,17H2,(H,33,37). The van der Waals surface area contributed by atoms with Gasteiger partial charge in [-0.2, -0.15) is 0 Å². The number of carbonyl (C=O) groups excluding carboxylic acids is 2. The lowest BCUT2D eigenvalue weighted by Gasteiger charge is -2.28. The van der Waals surface area contributed by atoms with Crippen LogP contribution in [0, 0.1) is 5.82 Å². The maximum absolute atomic E-state index is 13.2. The van der Waals surface area contributed by atoms with Crippen molar-refractivity contribution in [3.63, 3.8) is 0 Å². The van der Waals surface area contributed by atoms with Crippen molar-refractivity contribution in [3.05, 3.63) is 82.8 Å². The van der Waals surface area contributed by atoms with Gasteiger partial charge in [-0.1, -0.05) is 17.7 Å². The van der Waals surface area contributed by atoms with Gasteiger partial charge in [0.2, 0.25) is 11.7 Å². The summed E-state index contributed by atoms with van der Waals surface area (Å²) in [7, 11) is 0. The molecule has 2 unspecified atom stereocenters. The van der Waals surface area contributed by atoms with E-state index in [1.807, 2.05) is 0 Å². The normalized spacial score (nSPS) is 16.9. The molecule has 2 heterocycles. The number of carbonyl (C=O) groups is 2. The van der Waals surface area contributed by atoms with Gasteiger partial charge in [0.05, 0.1) is 17.2 Å². The van der Waals surface area contributed by atoms with Crippen LogP contribution in [0.2, 0.25) is 5.02 Å². The van der Waals surface area contributed by atoms with Crippen molar-refractivity contribution in [2.24, 2.45) is 0 Å². The molecular formula is C29H29ClFN3O5. The summed E-state index contributed by atoms with van der Waals surface area (Å²) in [5.41, 5.74) is 0.581. The van der Waals surface area contributed by atoms with Crippen LogP contribution in [0.5, 0.6) is 17.4 Å². The Morgan fingerprint density at radius 1 is 1.10 bits per heavy atom. The average Bonchev–Trinajstić information content (AvgIpc) is 3.61. The monoisotopic (exact) mass is 553 g/mol. The van der Waals surface area contributed by atoms with Gasteiger partial charge in [0.25, 0.3) is 5.91 Å². The number of ketones is 1. The van der Waals surface area contributed by atoms with Gasteiger partial charge >= 0.3 is 0 Å². The maximum atomic E-state index is 13.2. The van der Waals surface area contributed by atoms with E-state index in [0.717, 1.165) is 38.8 Å². The first kappa shape index (κ1) is 27.1. The number of hydrogen-bond acceptors (Lipinski definition) is 7. The molecule has 2 atom stereocenters. The molecule has 1 saturated carbocycles. The number of Topliss-reactive ketones (excluding diaryl/α,β-unsaturated/α-hetero) is 1. The molecule has 0 spiro atoms. The van der Waals surface area contributed by atoms with Crippen LogP contribution < -0.4 is 14.8 Å². The number of aliphatic hydroxyl groups excluding tert-OH is 1. The predicted molar refractivity (Wildman–Crippen MR) is 143 cm³/mol. The quantitative estimate of drug-likeness (QED) is 0.262. The molecule has 1 aliphatic carbocycles. The van der Waals surface area contributed by atoms with E-state index in [0.29, 0.717) is 28.6 Å². The number of likely N-dealkylation sites (tertiary alicyclic amines) is 1. The van der Waals surface area contributed by atoms with Crippen molar-refractivity contribution in [1.29, 1.82) is 0 Å². The minimum atomic E-state index is -1.11.